The van der Waals surface area contributed by atoms with Gasteiger partial charge in [0.25, 0.3) is 12.3 Å². The predicted molar refractivity (Wildman–Crippen MR) is 202 cm³/mol. The number of aryl methyl sites for hydroxylation is 1. The Kier molecular flexibility index (Phi) is 10.9. The van der Waals surface area contributed by atoms with E-state index in [4.69, 9.17) is 14.2 Å². The zero-order valence-corrected chi connectivity index (χ0v) is 33.4. The molecule has 1 spiro atoms. The van der Waals surface area contributed by atoms with Crippen molar-refractivity contribution in [2.24, 2.45) is 5.92 Å². The lowest BCUT2D eigenvalue weighted by Gasteiger charge is -2.36. The van der Waals surface area contributed by atoms with E-state index in [0.29, 0.717) is 49.6 Å². The Morgan fingerprint density at radius 2 is 1.89 bits per heavy atom. The number of carbonyl (C=O) groups excluding carboxylic acids is 4. The zero-order chi connectivity index (χ0) is 40.9. The van der Waals surface area contributed by atoms with Crippen molar-refractivity contribution < 1.29 is 50.6 Å². The second kappa shape index (κ2) is 15.3. The van der Waals surface area contributed by atoms with E-state index in [0.717, 1.165) is 6.42 Å². The molecule has 3 N–H and O–H groups in total. The number of methoxy groups -OCH3 is 1. The number of allylic oxidation sites excluding steroid dienone is 1. The molecule has 2 aromatic heterocycles. The van der Waals surface area contributed by atoms with Gasteiger partial charge in [0.15, 0.2) is 5.75 Å². The van der Waals surface area contributed by atoms with Gasteiger partial charge < -0.3 is 29.7 Å². The number of sulfonamides is 1. The van der Waals surface area contributed by atoms with Gasteiger partial charge in [0.1, 0.15) is 35.0 Å². The lowest BCUT2D eigenvalue weighted by molar-refractivity contribution is -0.141. The maximum atomic E-state index is 14.7. The molecule has 0 radical (unpaired) electrons. The average molecular weight is 817 g/mol. The lowest BCUT2D eigenvalue weighted by Crippen LogP contribution is -2.58. The highest BCUT2D eigenvalue weighted by molar-refractivity contribution is 7.91. The van der Waals surface area contributed by atoms with E-state index in [2.05, 4.69) is 25.3 Å². The molecule has 5 aliphatic rings. The maximum Gasteiger partial charge on any atom is 0.408 e. The van der Waals surface area contributed by atoms with Crippen molar-refractivity contribution in [2.75, 3.05) is 13.7 Å². The number of aromatic nitrogens is 2. The minimum absolute atomic E-state index is 0.127. The predicted octanol–water partition coefficient (Wildman–Crippen LogP) is 4.53. The number of hydrogen-bond donors (Lipinski definition) is 3. The van der Waals surface area contributed by atoms with Crippen molar-refractivity contribution in [1.29, 1.82) is 0 Å². The Morgan fingerprint density at radius 1 is 1.12 bits per heavy atom. The molecule has 7 rings (SSSR count). The summed E-state index contributed by atoms with van der Waals surface area (Å²) in [4.78, 5) is 66.2. The second-order valence-electron chi connectivity index (χ2n) is 16.3. The molecule has 5 heterocycles. The smallest absolute Gasteiger partial charge is 0.408 e. The SMILES string of the molecule is CCC(C)OC(=O)NC1CCCCCC=CC2CC2(C(=O)NS(=O)(=O)C2(C)CC2)NC(=O)C2CC3(CCc4c(c(C(F)F)nc5ccc(OC)nc45)O3)CN2C1=O. The van der Waals surface area contributed by atoms with Gasteiger partial charge in [-0.1, -0.05) is 31.9 Å². The Morgan fingerprint density at radius 3 is 2.60 bits per heavy atom. The molecule has 0 bridgehead atoms. The first-order valence-corrected chi connectivity index (χ1v) is 21.2. The van der Waals surface area contributed by atoms with Crippen LogP contribution in [0.15, 0.2) is 24.3 Å². The Balaban J connectivity index is 1.26. The molecule has 2 aromatic rings. The van der Waals surface area contributed by atoms with Crippen LogP contribution in [-0.4, -0.2) is 94.8 Å². The molecule has 2 saturated carbocycles. The molecule has 3 fully saturated rings. The summed E-state index contributed by atoms with van der Waals surface area (Å²) in [6.07, 6.45) is 3.97. The van der Waals surface area contributed by atoms with Crippen LogP contribution in [0.3, 0.4) is 0 Å². The van der Waals surface area contributed by atoms with Crippen molar-refractivity contribution >= 4 is 44.9 Å². The van der Waals surface area contributed by atoms with Crippen LogP contribution in [0.5, 0.6) is 11.6 Å². The van der Waals surface area contributed by atoms with Gasteiger partial charge in [-0.25, -0.2) is 32.0 Å². The lowest BCUT2D eigenvalue weighted by atomic mass is 9.88. The van der Waals surface area contributed by atoms with Crippen molar-refractivity contribution in [2.45, 2.75) is 138 Å². The molecule has 18 heteroatoms. The highest BCUT2D eigenvalue weighted by atomic mass is 32.2. The van der Waals surface area contributed by atoms with Crippen LogP contribution in [-0.2, 0) is 35.6 Å². The fourth-order valence-corrected chi connectivity index (χ4v) is 9.41. The minimum Gasteiger partial charge on any atom is -0.483 e. The second-order valence-corrected chi connectivity index (χ2v) is 18.5. The number of pyridine rings is 2. The molecule has 15 nitrogen and oxygen atoms in total. The first-order valence-electron chi connectivity index (χ1n) is 19.7. The van der Waals surface area contributed by atoms with Gasteiger partial charge in [-0.2, -0.15) is 0 Å². The molecule has 310 valence electrons. The Bertz CT molecular complexity index is 2100. The van der Waals surface area contributed by atoms with Gasteiger partial charge in [0.05, 0.1) is 29.4 Å². The molecule has 6 unspecified atom stereocenters. The average Bonchev–Trinajstić information content (AvgIpc) is 4.07. The number of alkyl carbamates (subject to hydrolysis) is 1. The Labute approximate surface area is 330 Å². The highest BCUT2D eigenvalue weighted by Gasteiger charge is 2.64. The molecular formula is C39H50F2N6O9S. The third-order valence-corrected chi connectivity index (χ3v) is 14.4. The fourth-order valence-electron chi connectivity index (χ4n) is 8.10. The molecule has 57 heavy (non-hydrogen) atoms. The molecule has 4 amide bonds. The number of alkyl halides is 2. The van der Waals surface area contributed by atoms with E-state index in [1.54, 1.807) is 13.8 Å². The van der Waals surface area contributed by atoms with Crippen LogP contribution < -0.4 is 24.8 Å². The van der Waals surface area contributed by atoms with Gasteiger partial charge in [-0.05, 0) is 77.7 Å². The van der Waals surface area contributed by atoms with Gasteiger partial charge in [0, 0.05) is 24.0 Å². The number of nitrogens with zero attached hydrogens (tertiary/aromatic N) is 3. The summed E-state index contributed by atoms with van der Waals surface area (Å²) in [5.74, 6) is -2.68. The summed E-state index contributed by atoms with van der Waals surface area (Å²) in [5, 5.41) is 5.54. The molecule has 3 aliphatic heterocycles. The number of fused-ring (bicyclic) bond motifs is 5. The van der Waals surface area contributed by atoms with Gasteiger partial charge in [-0.3, -0.25) is 19.1 Å². The van der Waals surface area contributed by atoms with Crippen LogP contribution >= 0.6 is 0 Å². The fraction of sp³-hybridized carbons (Fsp3) is 0.641. The van der Waals surface area contributed by atoms with Crippen LogP contribution in [0.25, 0.3) is 11.0 Å². The van der Waals surface area contributed by atoms with Crippen molar-refractivity contribution in [3.63, 3.8) is 0 Å². The Hall–Kier alpha value is -4.61. The van der Waals surface area contributed by atoms with Gasteiger partial charge in [0.2, 0.25) is 27.7 Å². The van der Waals surface area contributed by atoms with E-state index < -0.39 is 85.9 Å². The molecular weight excluding hydrogens is 767 g/mol. The van der Waals surface area contributed by atoms with E-state index in [9.17, 15) is 36.4 Å². The number of nitrogens with one attached hydrogen (secondary N) is 3. The summed E-state index contributed by atoms with van der Waals surface area (Å²) in [6, 6.07) is 0.646. The quantitative estimate of drug-likeness (QED) is 0.317. The molecule has 2 aliphatic carbocycles. The van der Waals surface area contributed by atoms with Crippen LogP contribution in [0.4, 0.5) is 13.6 Å². The third kappa shape index (κ3) is 7.85. The molecule has 0 aromatic carbocycles. The van der Waals surface area contributed by atoms with Crippen molar-refractivity contribution in [3.05, 3.63) is 35.5 Å². The first kappa shape index (κ1) is 40.6. The number of hydrogen-bond acceptors (Lipinski definition) is 11. The highest BCUT2D eigenvalue weighted by Crippen LogP contribution is 2.49. The molecule has 6 atom stereocenters. The summed E-state index contributed by atoms with van der Waals surface area (Å²) < 4.78 is 74.2. The normalized spacial score (nSPS) is 28.8. The largest absolute Gasteiger partial charge is 0.483 e. The summed E-state index contributed by atoms with van der Waals surface area (Å²) >= 11 is 0. The number of rotatable bonds is 8. The van der Waals surface area contributed by atoms with Crippen LogP contribution in [0.2, 0.25) is 0 Å². The standard InChI is InChI=1S/C39H50F2N6O9S/c1-5-22(2)55-36(51)43-26-12-10-8-6-7-9-11-23-19-39(23,35(50)46-57(52,53)37(3)17-18-37)45-33(48)27-20-38(21-47(27)34(26)49)16-15-24-29-25(13-14-28(44-29)54-4)42-30(32(40)41)31(24)56-38/h9,11,13-14,22-23,26-27,32H,5-8,10,12,15-21H2,1-4H3,(H,43,51)(H,45,48)(H,46,50). The van der Waals surface area contributed by atoms with Crippen molar-refractivity contribution in [3.8, 4) is 11.6 Å². The molecule has 1 saturated heterocycles. The van der Waals surface area contributed by atoms with E-state index in [1.165, 1.54) is 24.1 Å². The maximum absolute atomic E-state index is 14.7. The van der Waals surface area contributed by atoms with Crippen molar-refractivity contribution in [1.82, 2.24) is 30.2 Å². The van der Waals surface area contributed by atoms with Crippen LogP contribution in [0, 0.1) is 5.92 Å². The van der Waals surface area contributed by atoms with Crippen LogP contribution in [0.1, 0.15) is 109 Å². The van der Waals surface area contributed by atoms with E-state index in [1.807, 2.05) is 19.1 Å². The number of carbonyl (C=O) groups is 4. The first-order chi connectivity index (χ1) is 27.0. The van der Waals surface area contributed by atoms with E-state index in [-0.39, 0.29) is 55.8 Å². The summed E-state index contributed by atoms with van der Waals surface area (Å²) in [5.41, 5.74) is -2.65. The monoisotopic (exact) mass is 816 g/mol. The number of ether oxygens (including phenoxy) is 3. The summed E-state index contributed by atoms with van der Waals surface area (Å²) in [6.45, 7) is 4.90. The number of amides is 4. The number of halogens is 2. The van der Waals surface area contributed by atoms with Gasteiger partial charge >= 0.3 is 6.09 Å². The third-order valence-electron chi connectivity index (χ3n) is 12.2. The summed E-state index contributed by atoms with van der Waals surface area (Å²) in [7, 11) is -2.63. The van der Waals surface area contributed by atoms with E-state index >= 15 is 0 Å². The minimum atomic E-state index is -4.06. The zero-order valence-electron chi connectivity index (χ0n) is 32.6. The van der Waals surface area contributed by atoms with Gasteiger partial charge in [-0.15, -0.1) is 0 Å². The topological polar surface area (TPSA) is 195 Å².